The van der Waals surface area contributed by atoms with Crippen molar-refractivity contribution in [3.05, 3.63) is 59.4 Å². The van der Waals surface area contributed by atoms with E-state index in [1.807, 2.05) is 29.8 Å². The van der Waals surface area contributed by atoms with Gasteiger partial charge >= 0.3 is 7.12 Å². The van der Waals surface area contributed by atoms with E-state index in [0.717, 1.165) is 54.8 Å². The Morgan fingerprint density at radius 2 is 1.84 bits per heavy atom. The number of piperidine rings is 1. The summed E-state index contributed by atoms with van der Waals surface area (Å²) in [6.07, 6.45) is 3.76. The van der Waals surface area contributed by atoms with E-state index < -0.39 is 7.12 Å². The number of pyridine rings is 1. The van der Waals surface area contributed by atoms with Crippen molar-refractivity contribution in [3.63, 3.8) is 0 Å². The average molecular weight is 420 g/mol. The van der Waals surface area contributed by atoms with Crippen LogP contribution in [-0.2, 0) is 13.6 Å². The van der Waals surface area contributed by atoms with Crippen molar-refractivity contribution in [3.8, 4) is 0 Å². The lowest BCUT2D eigenvalue weighted by molar-refractivity contribution is 0.0827. The van der Waals surface area contributed by atoms with Gasteiger partial charge in [0.15, 0.2) is 0 Å². The number of carbonyl (C=O) groups excluding carboxylic acids is 1. The average Bonchev–Trinajstić information content (AvgIpc) is 3.09. The summed E-state index contributed by atoms with van der Waals surface area (Å²) >= 11 is 0. The fraction of sp³-hybridized carbons (Fsp3) is 0.391. The molecule has 3 heterocycles. The highest BCUT2D eigenvalue weighted by Crippen LogP contribution is 2.29. The Balaban J connectivity index is 1.41. The van der Waals surface area contributed by atoms with E-state index in [2.05, 4.69) is 22.0 Å². The molecule has 1 aliphatic heterocycles. The van der Waals surface area contributed by atoms with E-state index in [4.69, 9.17) is 0 Å². The fourth-order valence-electron chi connectivity index (χ4n) is 4.48. The van der Waals surface area contributed by atoms with Crippen LogP contribution in [0.5, 0.6) is 0 Å². The predicted octanol–water partition coefficient (Wildman–Crippen LogP) is 1.33. The maximum Gasteiger partial charge on any atom is 0.489 e. The van der Waals surface area contributed by atoms with E-state index in [9.17, 15) is 14.8 Å². The van der Waals surface area contributed by atoms with Crippen molar-refractivity contribution in [1.29, 1.82) is 0 Å². The molecule has 0 spiro atoms. The third-order valence-corrected chi connectivity index (χ3v) is 6.35. The first-order chi connectivity index (χ1) is 14.8. The Kier molecular flexibility index (Phi) is 6.13. The third-order valence-electron chi connectivity index (χ3n) is 6.35. The number of amides is 1. The van der Waals surface area contributed by atoms with Crippen molar-refractivity contribution < 1.29 is 14.8 Å². The quantitative estimate of drug-likeness (QED) is 0.609. The molecule has 0 aliphatic carbocycles. The largest absolute Gasteiger partial charge is 0.489 e. The first-order valence-corrected chi connectivity index (χ1v) is 10.7. The van der Waals surface area contributed by atoms with E-state index in [-0.39, 0.29) is 5.91 Å². The number of nitrogens with zero attached hydrogens (tertiary/aromatic N) is 4. The van der Waals surface area contributed by atoms with E-state index >= 15 is 0 Å². The highest BCUT2D eigenvalue weighted by molar-refractivity contribution is 6.61. The maximum absolute atomic E-state index is 12.1. The second-order valence-corrected chi connectivity index (χ2v) is 8.58. The fourth-order valence-corrected chi connectivity index (χ4v) is 4.48. The van der Waals surface area contributed by atoms with Crippen LogP contribution >= 0.6 is 0 Å². The normalized spacial score (nSPS) is 15.4. The summed E-state index contributed by atoms with van der Waals surface area (Å²) in [5, 5.41) is 20.1. The summed E-state index contributed by atoms with van der Waals surface area (Å²) < 4.78 is 2.04. The molecule has 1 fully saturated rings. The molecule has 31 heavy (non-hydrogen) atoms. The number of hydrogen-bond donors (Lipinski definition) is 2. The van der Waals surface area contributed by atoms with Gasteiger partial charge in [-0.2, -0.15) is 0 Å². The van der Waals surface area contributed by atoms with Gasteiger partial charge in [-0.3, -0.25) is 9.69 Å². The van der Waals surface area contributed by atoms with Gasteiger partial charge in [0.05, 0.1) is 0 Å². The standard InChI is InChI=1S/C23H29BN4O3/c1-26(2)23(29)18-6-4-16(5-7-18)17-9-12-28(13-10-17)15-19-14-20-21(24(30)31)8-11-25-22(20)27(19)3/h4-8,11,14,17,30-31H,9-10,12-13,15H2,1-3H3. The summed E-state index contributed by atoms with van der Waals surface area (Å²) in [6.45, 7) is 2.79. The molecule has 2 N–H and O–H groups in total. The first kappa shape index (κ1) is 21.6. The minimum absolute atomic E-state index is 0.0303. The number of rotatable bonds is 5. The second-order valence-electron chi connectivity index (χ2n) is 8.58. The summed E-state index contributed by atoms with van der Waals surface area (Å²) in [4.78, 5) is 20.5. The number of hydrogen-bond acceptors (Lipinski definition) is 5. The van der Waals surface area contributed by atoms with E-state index in [0.29, 0.717) is 11.4 Å². The minimum Gasteiger partial charge on any atom is -0.423 e. The summed E-state index contributed by atoms with van der Waals surface area (Å²) in [6, 6.07) is 11.7. The molecule has 0 radical (unpaired) electrons. The number of carbonyl (C=O) groups is 1. The molecule has 7 nitrogen and oxygen atoms in total. The topological polar surface area (TPSA) is 81.8 Å². The van der Waals surface area contributed by atoms with Gasteiger partial charge in [0.2, 0.25) is 0 Å². The molecule has 162 valence electrons. The van der Waals surface area contributed by atoms with E-state index in [1.54, 1.807) is 31.3 Å². The van der Waals surface area contributed by atoms with Crippen LogP contribution in [0.2, 0.25) is 0 Å². The minimum atomic E-state index is -1.50. The summed E-state index contributed by atoms with van der Waals surface area (Å²) in [5.41, 5.74) is 4.39. The van der Waals surface area contributed by atoms with Gasteiger partial charge in [0.1, 0.15) is 5.65 Å². The Hall–Kier alpha value is -2.68. The molecule has 1 aromatic carbocycles. The number of fused-ring (bicyclic) bond motifs is 1. The molecule has 0 atom stereocenters. The van der Waals surface area contributed by atoms with Gasteiger partial charge in [-0.05, 0) is 67.1 Å². The predicted molar refractivity (Wildman–Crippen MR) is 122 cm³/mol. The van der Waals surface area contributed by atoms with Gasteiger partial charge in [-0.15, -0.1) is 0 Å². The van der Waals surface area contributed by atoms with Crippen LogP contribution in [0.3, 0.4) is 0 Å². The monoisotopic (exact) mass is 420 g/mol. The SMILES string of the molecule is CN(C)C(=O)c1ccc(C2CCN(Cc3cc4c(B(O)O)ccnc4n3C)CC2)cc1. The zero-order chi connectivity index (χ0) is 22.1. The van der Waals surface area contributed by atoms with Crippen LogP contribution in [0.4, 0.5) is 0 Å². The molecular weight excluding hydrogens is 391 g/mol. The molecule has 0 bridgehead atoms. The highest BCUT2D eigenvalue weighted by atomic mass is 16.4. The Bertz CT molecular complexity index is 1070. The van der Waals surface area contributed by atoms with Crippen molar-refractivity contribution in [1.82, 2.24) is 19.4 Å². The number of benzene rings is 1. The summed E-state index contributed by atoms with van der Waals surface area (Å²) in [5.74, 6) is 0.535. The molecule has 2 aromatic heterocycles. The van der Waals surface area contributed by atoms with E-state index in [1.165, 1.54) is 5.56 Å². The molecule has 0 saturated carbocycles. The molecule has 0 unspecified atom stereocenters. The second kappa shape index (κ2) is 8.82. The molecule has 1 aliphatic rings. The molecular formula is C23H29BN4O3. The molecule has 3 aromatic rings. The van der Waals surface area contributed by atoms with Crippen LogP contribution < -0.4 is 5.46 Å². The smallest absolute Gasteiger partial charge is 0.423 e. The van der Waals surface area contributed by atoms with Gasteiger partial charge in [-0.1, -0.05) is 12.1 Å². The van der Waals surface area contributed by atoms with Crippen LogP contribution in [0.1, 0.15) is 40.4 Å². The summed E-state index contributed by atoms with van der Waals surface area (Å²) in [7, 11) is 4.01. The van der Waals surface area contributed by atoms with Gasteiger partial charge < -0.3 is 19.5 Å². The Morgan fingerprint density at radius 3 is 2.45 bits per heavy atom. The molecule has 4 rings (SSSR count). The van der Waals surface area contributed by atoms with Crippen LogP contribution in [0.25, 0.3) is 11.0 Å². The van der Waals surface area contributed by atoms with Gasteiger partial charge in [0, 0.05) is 50.5 Å². The Morgan fingerprint density at radius 1 is 1.16 bits per heavy atom. The van der Waals surface area contributed by atoms with Crippen LogP contribution in [0, 0.1) is 0 Å². The van der Waals surface area contributed by atoms with Crippen LogP contribution in [-0.4, -0.2) is 69.6 Å². The van der Waals surface area contributed by atoms with Crippen molar-refractivity contribution in [2.24, 2.45) is 7.05 Å². The lowest BCUT2D eigenvalue weighted by Gasteiger charge is -2.32. The molecule has 1 amide bonds. The number of likely N-dealkylation sites (tertiary alicyclic amines) is 1. The molecule has 8 heteroatoms. The van der Waals surface area contributed by atoms with Crippen molar-refractivity contribution in [2.75, 3.05) is 27.2 Å². The Labute approximate surface area is 183 Å². The van der Waals surface area contributed by atoms with Crippen molar-refractivity contribution in [2.45, 2.75) is 25.3 Å². The zero-order valence-electron chi connectivity index (χ0n) is 18.3. The number of aromatic nitrogens is 2. The first-order valence-electron chi connectivity index (χ1n) is 10.7. The highest BCUT2D eigenvalue weighted by Gasteiger charge is 2.23. The van der Waals surface area contributed by atoms with Crippen LogP contribution in [0.15, 0.2) is 42.6 Å². The lowest BCUT2D eigenvalue weighted by atomic mass is 9.79. The molecule has 1 saturated heterocycles. The zero-order valence-corrected chi connectivity index (χ0v) is 18.3. The van der Waals surface area contributed by atoms with Gasteiger partial charge in [0.25, 0.3) is 5.91 Å². The number of aryl methyl sites for hydroxylation is 1. The maximum atomic E-state index is 12.1. The van der Waals surface area contributed by atoms with Crippen molar-refractivity contribution >= 4 is 29.5 Å². The third kappa shape index (κ3) is 4.37. The van der Waals surface area contributed by atoms with Gasteiger partial charge in [-0.25, -0.2) is 4.98 Å². The lowest BCUT2D eigenvalue weighted by Crippen LogP contribution is -2.33.